The molecule has 2 rings (SSSR count). The molecule has 0 aromatic rings. The van der Waals surface area contributed by atoms with Crippen molar-refractivity contribution >= 4 is 6.09 Å². The first-order valence-electron chi connectivity index (χ1n) is 8.04. The molecule has 0 atom stereocenters. The van der Waals surface area contributed by atoms with Crippen LogP contribution >= 0.6 is 0 Å². The van der Waals surface area contributed by atoms with E-state index in [4.69, 9.17) is 9.84 Å². The summed E-state index contributed by atoms with van der Waals surface area (Å²) in [6, 6.07) is 0.829. The molecule has 0 bridgehead atoms. The van der Waals surface area contributed by atoms with Crippen molar-refractivity contribution in [2.45, 2.75) is 70.1 Å². The summed E-state index contributed by atoms with van der Waals surface area (Å²) in [5, 5.41) is 11.3. The van der Waals surface area contributed by atoms with E-state index in [1.165, 1.54) is 25.7 Å². The molecule has 0 aromatic carbocycles. The van der Waals surface area contributed by atoms with Gasteiger partial charge in [-0.05, 0) is 44.9 Å². The van der Waals surface area contributed by atoms with E-state index in [0.29, 0.717) is 12.1 Å². The Morgan fingerprint density at radius 2 is 1.85 bits per heavy atom. The van der Waals surface area contributed by atoms with Crippen molar-refractivity contribution in [2.24, 2.45) is 0 Å². The molecule has 1 aliphatic carbocycles. The Morgan fingerprint density at radius 1 is 1.20 bits per heavy atom. The van der Waals surface area contributed by atoms with Crippen LogP contribution in [0.5, 0.6) is 0 Å². The molecule has 1 saturated carbocycles. The molecule has 116 valence electrons. The summed E-state index contributed by atoms with van der Waals surface area (Å²) < 4.78 is 5.83. The van der Waals surface area contributed by atoms with Gasteiger partial charge in [-0.25, -0.2) is 4.79 Å². The molecule has 1 saturated heterocycles. The highest BCUT2D eigenvalue weighted by Gasteiger charge is 2.29. The van der Waals surface area contributed by atoms with Crippen LogP contribution in [0.15, 0.2) is 0 Å². The molecule has 2 aliphatic rings. The lowest BCUT2D eigenvalue weighted by Crippen LogP contribution is -2.48. The second kappa shape index (κ2) is 7.84. The minimum atomic E-state index is -0.892. The SMILES string of the molecule is CCCO[C@H]1CC[C@H](N2CCC(NC(=O)O)CC2)CC1. The standard InChI is InChI=1S/C15H28N2O3/c1-2-11-20-14-5-3-13(4-6-14)17-9-7-12(8-10-17)16-15(18)19/h12-14,16H,2-11H2,1H3,(H,18,19)/t13-,14-. The van der Waals surface area contributed by atoms with Gasteiger partial charge < -0.3 is 20.1 Å². The van der Waals surface area contributed by atoms with Gasteiger partial charge in [-0.2, -0.15) is 0 Å². The molecule has 0 spiro atoms. The first kappa shape index (κ1) is 15.6. The molecule has 20 heavy (non-hydrogen) atoms. The third-order valence-electron chi connectivity index (χ3n) is 4.57. The Kier molecular flexibility index (Phi) is 6.10. The minimum absolute atomic E-state index is 0.146. The second-order valence-electron chi connectivity index (χ2n) is 6.06. The van der Waals surface area contributed by atoms with E-state index in [2.05, 4.69) is 17.1 Å². The zero-order chi connectivity index (χ0) is 14.4. The zero-order valence-corrected chi connectivity index (χ0v) is 12.5. The van der Waals surface area contributed by atoms with Gasteiger partial charge in [-0.1, -0.05) is 6.92 Å². The first-order valence-corrected chi connectivity index (χ1v) is 8.04. The maximum Gasteiger partial charge on any atom is 0.404 e. The Hall–Kier alpha value is -0.810. The van der Waals surface area contributed by atoms with Gasteiger partial charge in [-0.3, -0.25) is 0 Å². The average molecular weight is 284 g/mol. The highest BCUT2D eigenvalue weighted by atomic mass is 16.5. The number of rotatable bonds is 5. The number of likely N-dealkylation sites (tertiary alicyclic amines) is 1. The van der Waals surface area contributed by atoms with Crippen LogP contribution in [0.4, 0.5) is 4.79 Å². The van der Waals surface area contributed by atoms with Crippen molar-refractivity contribution in [3.8, 4) is 0 Å². The van der Waals surface area contributed by atoms with Gasteiger partial charge >= 0.3 is 6.09 Å². The largest absolute Gasteiger partial charge is 0.465 e. The highest BCUT2D eigenvalue weighted by Crippen LogP contribution is 2.27. The lowest BCUT2D eigenvalue weighted by atomic mass is 9.90. The van der Waals surface area contributed by atoms with Gasteiger partial charge in [0.1, 0.15) is 0 Å². The fourth-order valence-corrected chi connectivity index (χ4v) is 3.45. The van der Waals surface area contributed by atoms with Crippen LogP contribution in [0.1, 0.15) is 51.9 Å². The number of carbonyl (C=O) groups is 1. The van der Waals surface area contributed by atoms with Gasteiger partial charge in [0.05, 0.1) is 6.10 Å². The van der Waals surface area contributed by atoms with E-state index in [1.807, 2.05) is 0 Å². The molecule has 1 amide bonds. The molecular weight excluding hydrogens is 256 g/mol. The van der Waals surface area contributed by atoms with Crippen LogP contribution in [0.2, 0.25) is 0 Å². The van der Waals surface area contributed by atoms with Gasteiger partial charge in [0, 0.05) is 31.8 Å². The van der Waals surface area contributed by atoms with Crippen LogP contribution in [0, 0.1) is 0 Å². The third kappa shape index (κ3) is 4.63. The summed E-state index contributed by atoms with van der Waals surface area (Å²) in [5.74, 6) is 0. The van der Waals surface area contributed by atoms with Crippen LogP contribution in [0.25, 0.3) is 0 Å². The Bertz CT molecular complexity index is 295. The molecule has 5 heteroatoms. The van der Waals surface area contributed by atoms with E-state index in [1.54, 1.807) is 0 Å². The highest BCUT2D eigenvalue weighted by molar-refractivity contribution is 5.64. The molecule has 0 radical (unpaired) electrons. The van der Waals surface area contributed by atoms with Crippen LogP contribution in [-0.4, -0.2) is 54.0 Å². The van der Waals surface area contributed by atoms with E-state index in [-0.39, 0.29) is 6.04 Å². The van der Waals surface area contributed by atoms with E-state index >= 15 is 0 Å². The predicted octanol–water partition coefficient (Wildman–Crippen LogP) is 2.46. The van der Waals surface area contributed by atoms with Gasteiger partial charge in [0.2, 0.25) is 0 Å². The van der Waals surface area contributed by atoms with Gasteiger partial charge in [-0.15, -0.1) is 0 Å². The third-order valence-corrected chi connectivity index (χ3v) is 4.57. The van der Waals surface area contributed by atoms with Crippen molar-refractivity contribution < 1.29 is 14.6 Å². The number of hydrogen-bond acceptors (Lipinski definition) is 3. The van der Waals surface area contributed by atoms with Gasteiger partial charge in [0.25, 0.3) is 0 Å². The van der Waals surface area contributed by atoms with E-state index in [0.717, 1.165) is 39.0 Å². The van der Waals surface area contributed by atoms with Crippen LogP contribution in [0.3, 0.4) is 0 Å². The number of amides is 1. The van der Waals surface area contributed by atoms with Crippen molar-refractivity contribution in [3.63, 3.8) is 0 Å². The Morgan fingerprint density at radius 3 is 2.40 bits per heavy atom. The average Bonchev–Trinajstić information content (AvgIpc) is 2.46. The summed E-state index contributed by atoms with van der Waals surface area (Å²) in [6.07, 6.45) is 7.38. The fourth-order valence-electron chi connectivity index (χ4n) is 3.45. The first-order chi connectivity index (χ1) is 9.69. The second-order valence-corrected chi connectivity index (χ2v) is 6.06. The minimum Gasteiger partial charge on any atom is -0.465 e. The van der Waals surface area contributed by atoms with Crippen molar-refractivity contribution in [1.29, 1.82) is 0 Å². The summed E-state index contributed by atoms with van der Waals surface area (Å²) in [4.78, 5) is 13.2. The topological polar surface area (TPSA) is 61.8 Å². The number of hydrogen-bond donors (Lipinski definition) is 2. The molecule has 0 unspecified atom stereocenters. The number of piperidine rings is 1. The summed E-state index contributed by atoms with van der Waals surface area (Å²) in [5.41, 5.74) is 0. The molecule has 1 aliphatic heterocycles. The van der Waals surface area contributed by atoms with Crippen molar-refractivity contribution in [3.05, 3.63) is 0 Å². The van der Waals surface area contributed by atoms with Crippen molar-refractivity contribution in [1.82, 2.24) is 10.2 Å². The Balaban J connectivity index is 1.66. The summed E-state index contributed by atoms with van der Waals surface area (Å²) >= 11 is 0. The van der Waals surface area contributed by atoms with Crippen LogP contribution < -0.4 is 5.32 Å². The van der Waals surface area contributed by atoms with Crippen LogP contribution in [-0.2, 0) is 4.74 Å². The van der Waals surface area contributed by atoms with Gasteiger partial charge in [0.15, 0.2) is 0 Å². The summed E-state index contributed by atoms with van der Waals surface area (Å²) in [6.45, 7) is 5.09. The quantitative estimate of drug-likeness (QED) is 0.814. The lowest BCUT2D eigenvalue weighted by Gasteiger charge is -2.40. The Labute approximate surface area is 121 Å². The summed E-state index contributed by atoms with van der Waals surface area (Å²) in [7, 11) is 0. The number of nitrogens with zero attached hydrogens (tertiary/aromatic N) is 1. The molecule has 2 N–H and O–H groups in total. The number of ether oxygens (including phenoxy) is 1. The maximum absolute atomic E-state index is 10.6. The predicted molar refractivity (Wildman–Crippen MR) is 78.0 cm³/mol. The smallest absolute Gasteiger partial charge is 0.404 e. The molecular formula is C15H28N2O3. The maximum atomic E-state index is 10.6. The molecule has 0 aromatic heterocycles. The monoisotopic (exact) mass is 284 g/mol. The van der Waals surface area contributed by atoms with E-state index in [9.17, 15) is 4.79 Å². The molecule has 1 heterocycles. The fraction of sp³-hybridized carbons (Fsp3) is 0.933. The van der Waals surface area contributed by atoms with Crippen molar-refractivity contribution in [2.75, 3.05) is 19.7 Å². The van der Waals surface area contributed by atoms with E-state index < -0.39 is 6.09 Å². The number of carboxylic acid groups (broad SMARTS) is 1. The zero-order valence-electron chi connectivity index (χ0n) is 12.5. The molecule has 5 nitrogen and oxygen atoms in total. The number of nitrogens with one attached hydrogen (secondary N) is 1. The normalized spacial score (nSPS) is 29.2. The molecule has 2 fully saturated rings. The lowest BCUT2D eigenvalue weighted by molar-refractivity contribution is 0.00339.